The van der Waals surface area contributed by atoms with Crippen molar-refractivity contribution in [2.75, 3.05) is 75.6 Å². The van der Waals surface area contributed by atoms with Crippen molar-refractivity contribution in [3.05, 3.63) is 12.2 Å². The van der Waals surface area contributed by atoms with Gasteiger partial charge in [0.25, 0.3) is 11.8 Å². The maximum atomic E-state index is 9.55. The third-order valence-corrected chi connectivity index (χ3v) is 6.42. The number of ether oxygens (including phenoxy) is 4. The Morgan fingerprint density at radius 1 is 0.900 bits per heavy atom. The van der Waals surface area contributed by atoms with Crippen molar-refractivity contribution >= 4 is 47.0 Å². The second-order valence-electron chi connectivity index (χ2n) is 9.68. The van der Waals surface area contributed by atoms with E-state index >= 15 is 0 Å². The molecule has 3 N–H and O–H groups in total. The topological polar surface area (TPSA) is 182 Å². The van der Waals surface area contributed by atoms with Gasteiger partial charge in [-0.15, -0.1) is 8.75 Å². The molecule has 2 saturated heterocycles. The molecule has 1 unspecified atom stereocenters. The van der Waals surface area contributed by atoms with Crippen molar-refractivity contribution in [2.24, 2.45) is 0 Å². The number of anilines is 2. The van der Waals surface area contributed by atoms with Crippen LogP contribution in [0.5, 0.6) is 11.8 Å². The number of hydrogen-bond acceptors (Lipinski definition) is 15. The highest BCUT2D eigenvalue weighted by molar-refractivity contribution is 6.99. The maximum absolute atomic E-state index is 9.55. The number of hydrogen-bond donors (Lipinski definition) is 3. The predicted octanol–water partition coefficient (Wildman–Crippen LogP) is 0.989. The first kappa shape index (κ1) is 31.4. The zero-order chi connectivity index (χ0) is 29.0. The molecule has 0 radical (unpaired) electrons. The second-order valence-corrected chi connectivity index (χ2v) is 10.7. The van der Waals surface area contributed by atoms with Crippen molar-refractivity contribution in [1.82, 2.24) is 22.8 Å². The molecule has 2 aliphatic rings. The zero-order valence-electron chi connectivity index (χ0n) is 22.6. The van der Waals surface area contributed by atoms with E-state index in [1.807, 2.05) is 0 Å². The first-order valence-corrected chi connectivity index (χ1v) is 14.1. The van der Waals surface area contributed by atoms with Crippen molar-refractivity contribution in [3.63, 3.8) is 0 Å². The molecule has 0 aliphatic carbocycles. The van der Waals surface area contributed by atoms with Crippen LogP contribution in [0.2, 0.25) is 0 Å². The largest absolute Gasteiger partial charge is 0.478 e. The summed E-state index contributed by atoms with van der Waals surface area (Å²) < 4.78 is 41.0. The molecule has 4 heterocycles. The number of aliphatic carboxylic acids is 2. The summed E-state index contributed by atoms with van der Waals surface area (Å²) in [7, 11) is 0. The molecule has 40 heavy (non-hydrogen) atoms. The molecule has 1 atom stereocenters. The smallest absolute Gasteiger partial charge is 0.328 e. The number of carboxylic acids is 2. The Morgan fingerprint density at radius 2 is 1.38 bits per heavy atom. The summed E-state index contributed by atoms with van der Waals surface area (Å²) in [5.41, 5.74) is -0.0594. The van der Waals surface area contributed by atoms with Crippen LogP contribution in [0.1, 0.15) is 20.8 Å². The van der Waals surface area contributed by atoms with Crippen LogP contribution in [-0.2, 0) is 19.1 Å². The van der Waals surface area contributed by atoms with Crippen LogP contribution in [0.4, 0.5) is 11.6 Å². The van der Waals surface area contributed by atoms with E-state index in [4.69, 9.17) is 29.2 Å². The SMILES string of the molecule is CC(C)(C)NCC(COc1nsnc1N1CCOCC1)Oc1nsnc1N1CCOCC1.O=C(O)C=CC(=O)O. The molecule has 0 aromatic carbocycles. The first-order chi connectivity index (χ1) is 19.1. The lowest BCUT2D eigenvalue weighted by molar-refractivity contribution is -0.134. The van der Waals surface area contributed by atoms with E-state index in [1.165, 1.54) is 0 Å². The Morgan fingerprint density at radius 3 is 1.85 bits per heavy atom. The highest BCUT2D eigenvalue weighted by Crippen LogP contribution is 2.29. The van der Waals surface area contributed by atoms with Gasteiger partial charge in [0.05, 0.1) is 49.9 Å². The highest BCUT2D eigenvalue weighted by Gasteiger charge is 2.26. The number of carbonyl (C=O) groups is 2. The fraction of sp³-hybridized carbons (Fsp3) is 0.652. The number of nitrogens with zero attached hydrogens (tertiary/aromatic N) is 6. The van der Waals surface area contributed by atoms with Crippen molar-refractivity contribution in [1.29, 1.82) is 0 Å². The minimum Gasteiger partial charge on any atom is -0.478 e. The molecule has 4 rings (SSSR count). The van der Waals surface area contributed by atoms with Gasteiger partial charge in [-0.25, -0.2) is 9.59 Å². The van der Waals surface area contributed by atoms with Crippen LogP contribution in [0.3, 0.4) is 0 Å². The van der Waals surface area contributed by atoms with Crippen LogP contribution in [-0.4, -0.2) is 117 Å². The Bertz CT molecular complexity index is 1080. The molecule has 2 aromatic heterocycles. The fourth-order valence-electron chi connectivity index (χ4n) is 3.48. The van der Waals surface area contributed by atoms with Gasteiger partial charge in [0.1, 0.15) is 12.7 Å². The summed E-state index contributed by atoms with van der Waals surface area (Å²) in [6.45, 7) is 13.1. The molecular weight excluding hydrogens is 566 g/mol. The van der Waals surface area contributed by atoms with E-state index in [-0.39, 0.29) is 11.6 Å². The van der Waals surface area contributed by atoms with Gasteiger partial charge >= 0.3 is 11.9 Å². The minimum absolute atomic E-state index is 0.0594. The van der Waals surface area contributed by atoms with Gasteiger partial charge in [0.15, 0.2) is 0 Å². The van der Waals surface area contributed by atoms with Crippen molar-refractivity contribution < 1.29 is 38.7 Å². The van der Waals surface area contributed by atoms with E-state index in [2.05, 4.69) is 53.4 Å². The van der Waals surface area contributed by atoms with Crippen LogP contribution in [0.15, 0.2) is 12.2 Å². The lowest BCUT2D eigenvalue weighted by Crippen LogP contribution is -2.45. The third kappa shape index (κ3) is 10.8. The molecule has 2 fully saturated rings. The molecule has 15 nitrogen and oxygen atoms in total. The molecule has 2 aliphatic heterocycles. The number of morpholine rings is 2. The summed E-state index contributed by atoms with van der Waals surface area (Å²) in [6.07, 6.45) is 0.835. The normalized spacial score (nSPS) is 16.8. The predicted molar refractivity (Wildman–Crippen MR) is 148 cm³/mol. The van der Waals surface area contributed by atoms with Crippen molar-refractivity contribution in [3.8, 4) is 11.8 Å². The van der Waals surface area contributed by atoms with Gasteiger partial charge in [0, 0.05) is 50.4 Å². The third-order valence-electron chi connectivity index (χ3n) is 5.42. The first-order valence-electron chi connectivity index (χ1n) is 12.6. The molecule has 17 heteroatoms. The molecule has 2 aromatic rings. The number of nitrogens with one attached hydrogen (secondary N) is 1. The molecular formula is C23H35N7O8S2. The quantitative estimate of drug-likeness (QED) is 0.310. The summed E-state index contributed by atoms with van der Waals surface area (Å²) in [5, 5.41) is 19.1. The average Bonchev–Trinajstić information content (AvgIpc) is 3.59. The van der Waals surface area contributed by atoms with Gasteiger partial charge in [-0.1, -0.05) is 0 Å². The van der Waals surface area contributed by atoms with E-state index in [0.29, 0.717) is 63.5 Å². The van der Waals surface area contributed by atoms with E-state index in [1.54, 1.807) is 0 Å². The average molecular weight is 602 g/mol. The summed E-state index contributed by atoms with van der Waals surface area (Å²) in [5.74, 6) is 0.0884. The maximum Gasteiger partial charge on any atom is 0.328 e. The van der Waals surface area contributed by atoms with Gasteiger partial charge < -0.3 is 44.3 Å². The molecule has 222 valence electrons. The van der Waals surface area contributed by atoms with E-state index in [9.17, 15) is 9.59 Å². The van der Waals surface area contributed by atoms with Crippen molar-refractivity contribution in [2.45, 2.75) is 32.4 Å². The Balaban J connectivity index is 0.000000482. The number of aromatic nitrogens is 4. The zero-order valence-corrected chi connectivity index (χ0v) is 24.3. The standard InChI is InChI=1S/C19H31N7O4S2.C4H4O4/c1-19(2,3)20-12-14(30-18-16(22-32-24-18)26-6-10-28-11-7-26)13-29-17-15(21-31-23-17)25-4-8-27-9-5-25;5-3(6)1-2-4(7)8/h14,20H,4-13H2,1-3H3;1-2H,(H,5,6)(H,7,8). The summed E-state index contributed by atoms with van der Waals surface area (Å²) in [4.78, 5) is 23.4. The van der Waals surface area contributed by atoms with E-state index < -0.39 is 11.9 Å². The Labute approximate surface area is 240 Å². The lowest BCUT2D eigenvalue weighted by Gasteiger charge is -2.29. The second kappa shape index (κ2) is 15.6. The van der Waals surface area contributed by atoms with E-state index in [0.717, 1.165) is 61.3 Å². The highest BCUT2D eigenvalue weighted by atomic mass is 32.1. The molecule has 0 spiro atoms. The number of rotatable bonds is 11. The molecule has 0 amide bonds. The van der Waals surface area contributed by atoms with Crippen LogP contribution < -0.4 is 24.6 Å². The van der Waals surface area contributed by atoms with Gasteiger partial charge in [-0.2, -0.15) is 8.75 Å². The molecule has 0 bridgehead atoms. The van der Waals surface area contributed by atoms with Gasteiger partial charge in [-0.05, 0) is 20.8 Å². The van der Waals surface area contributed by atoms with Gasteiger partial charge in [0.2, 0.25) is 11.6 Å². The fourth-order valence-corrected chi connectivity index (χ4v) is 4.51. The van der Waals surface area contributed by atoms with Crippen LogP contribution in [0.25, 0.3) is 0 Å². The van der Waals surface area contributed by atoms with Gasteiger partial charge in [-0.3, -0.25) is 0 Å². The Hall–Kier alpha value is -3.12. The molecule has 0 saturated carbocycles. The summed E-state index contributed by atoms with van der Waals surface area (Å²) in [6, 6.07) is 0. The lowest BCUT2D eigenvalue weighted by atomic mass is 10.1. The summed E-state index contributed by atoms with van der Waals surface area (Å²) >= 11 is 2.31. The monoisotopic (exact) mass is 601 g/mol. The number of carboxylic acid groups (broad SMARTS) is 2. The van der Waals surface area contributed by atoms with Crippen LogP contribution in [0, 0.1) is 0 Å². The van der Waals surface area contributed by atoms with Crippen LogP contribution >= 0.6 is 23.5 Å². The minimum atomic E-state index is -1.26. The Kier molecular flexibility index (Phi) is 12.3.